The van der Waals surface area contributed by atoms with E-state index in [9.17, 15) is 24.2 Å². The average Bonchev–Trinajstić information content (AvgIpc) is 3.53. The fourth-order valence-corrected chi connectivity index (χ4v) is 5.69. The molecule has 4 aromatic heterocycles. The number of rotatable bonds is 5. The van der Waals surface area contributed by atoms with Crippen molar-refractivity contribution in [3.8, 4) is 11.1 Å². The number of hydrogen-bond donors (Lipinski definition) is 4. The first kappa shape index (κ1) is 25.7. The van der Waals surface area contributed by atoms with Crippen LogP contribution in [0.25, 0.3) is 44.1 Å². The summed E-state index contributed by atoms with van der Waals surface area (Å²) in [5, 5.41) is 23.0. The minimum atomic E-state index is -1.35. The molecule has 40 heavy (non-hydrogen) atoms. The van der Waals surface area contributed by atoms with Crippen molar-refractivity contribution in [2.24, 2.45) is 12.5 Å². The van der Waals surface area contributed by atoms with E-state index < -0.39 is 34.0 Å². The lowest BCUT2D eigenvalue weighted by atomic mass is 9.91. The van der Waals surface area contributed by atoms with Gasteiger partial charge in [-0.15, -0.1) is 0 Å². The monoisotopic (exact) mass is 548 g/mol. The third-order valence-corrected chi connectivity index (χ3v) is 7.84. The van der Waals surface area contributed by atoms with Crippen LogP contribution in [0, 0.1) is 17.0 Å². The van der Waals surface area contributed by atoms with Crippen LogP contribution in [0.2, 0.25) is 0 Å². The largest absolute Gasteiger partial charge is 0.477 e. The van der Waals surface area contributed by atoms with Gasteiger partial charge in [0.25, 0.3) is 0 Å². The van der Waals surface area contributed by atoms with Crippen molar-refractivity contribution in [2.45, 2.75) is 13.3 Å². The van der Waals surface area contributed by atoms with Gasteiger partial charge in [0.2, 0.25) is 5.43 Å². The maximum Gasteiger partial charge on any atom is 0.341 e. The van der Waals surface area contributed by atoms with Crippen molar-refractivity contribution in [1.29, 1.82) is 0 Å². The number of aromatic nitrogens is 4. The SMILES string of the molecule is CNc1cc(F)c(F)c2c1[nH]c1ncc(-c3cnc4c(c3)c(=O)c(C(=O)O)cn4C)c(N3CCC(C)(CO)C3)c12. The Hall–Kier alpha value is -4.58. The zero-order chi connectivity index (χ0) is 28.5. The zero-order valence-corrected chi connectivity index (χ0v) is 22.0. The molecule has 5 aromatic rings. The standard InChI is InChI=1S/C28H26F2N6O4/c1-28(12-37)4-5-36(11-28)23-15(13-6-14-24(38)16(27(39)40)10-35(3)26(14)33-8-13)9-32-25-20(23)19-21(30)17(29)7-18(31-2)22(19)34-25/h6-10,31,37H,4-5,11-12H2,1-3H3,(H,32,34)(H,39,40). The smallest absolute Gasteiger partial charge is 0.341 e. The Morgan fingerprint density at radius 3 is 2.67 bits per heavy atom. The highest BCUT2D eigenvalue weighted by molar-refractivity contribution is 6.18. The van der Waals surface area contributed by atoms with Crippen LogP contribution in [0.15, 0.2) is 35.5 Å². The van der Waals surface area contributed by atoms with E-state index in [-0.39, 0.29) is 17.4 Å². The predicted molar refractivity (Wildman–Crippen MR) is 148 cm³/mol. The number of halogens is 2. The minimum Gasteiger partial charge on any atom is -0.477 e. The van der Waals surface area contributed by atoms with Crippen molar-refractivity contribution in [3.05, 3.63) is 58.1 Å². The molecule has 12 heteroatoms. The van der Waals surface area contributed by atoms with E-state index in [2.05, 4.69) is 20.3 Å². The molecule has 0 amide bonds. The first-order chi connectivity index (χ1) is 19.1. The van der Waals surface area contributed by atoms with Crippen molar-refractivity contribution >= 4 is 50.3 Å². The second-order valence-electron chi connectivity index (χ2n) is 10.6. The van der Waals surface area contributed by atoms with E-state index in [4.69, 9.17) is 0 Å². The first-order valence-electron chi connectivity index (χ1n) is 12.7. The molecule has 1 saturated heterocycles. The summed E-state index contributed by atoms with van der Waals surface area (Å²) in [7, 11) is 3.21. The second-order valence-corrected chi connectivity index (χ2v) is 10.6. The van der Waals surface area contributed by atoms with Crippen molar-refractivity contribution in [2.75, 3.05) is 37.0 Å². The lowest BCUT2D eigenvalue weighted by molar-refractivity contribution is 0.0695. The van der Waals surface area contributed by atoms with E-state index in [1.165, 1.54) is 10.8 Å². The number of aliphatic hydroxyl groups is 1. The molecule has 5 heterocycles. The Morgan fingerprint density at radius 2 is 2.00 bits per heavy atom. The number of benzene rings is 1. The van der Waals surface area contributed by atoms with Gasteiger partial charge >= 0.3 is 5.97 Å². The summed E-state index contributed by atoms with van der Waals surface area (Å²) in [5.41, 5.74) is 1.35. The number of anilines is 2. The molecule has 206 valence electrons. The Balaban J connectivity index is 1.71. The van der Waals surface area contributed by atoms with Gasteiger partial charge in [-0.05, 0) is 12.5 Å². The highest BCUT2D eigenvalue weighted by atomic mass is 19.2. The van der Waals surface area contributed by atoms with E-state index in [1.807, 2.05) is 11.8 Å². The Bertz CT molecular complexity index is 1930. The number of carboxylic acids is 1. The molecule has 1 fully saturated rings. The third-order valence-electron chi connectivity index (χ3n) is 7.84. The maximum atomic E-state index is 15.5. The van der Waals surface area contributed by atoms with Gasteiger partial charge in [-0.25, -0.2) is 23.5 Å². The molecule has 0 aliphatic carbocycles. The topological polar surface area (TPSA) is 136 Å². The van der Waals surface area contributed by atoms with Gasteiger partial charge < -0.3 is 30.0 Å². The number of H-pyrrole nitrogens is 1. The number of pyridine rings is 3. The maximum absolute atomic E-state index is 15.5. The van der Waals surface area contributed by atoms with Gasteiger partial charge in [-0.2, -0.15) is 0 Å². The summed E-state index contributed by atoms with van der Waals surface area (Å²) < 4.78 is 31.8. The van der Waals surface area contributed by atoms with Gasteiger partial charge in [0.05, 0.1) is 39.7 Å². The molecule has 1 unspecified atom stereocenters. The molecule has 1 atom stereocenters. The van der Waals surface area contributed by atoms with Crippen molar-refractivity contribution < 1.29 is 23.8 Å². The number of carbonyl (C=O) groups is 1. The highest BCUT2D eigenvalue weighted by Gasteiger charge is 2.36. The number of hydrogen-bond acceptors (Lipinski definition) is 7. The van der Waals surface area contributed by atoms with Gasteiger partial charge in [-0.3, -0.25) is 4.79 Å². The first-order valence-corrected chi connectivity index (χ1v) is 12.7. The lowest BCUT2D eigenvalue weighted by Crippen LogP contribution is -2.28. The molecule has 1 aromatic carbocycles. The molecule has 0 bridgehead atoms. The molecule has 4 N–H and O–H groups in total. The summed E-state index contributed by atoms with van der Waals surface area (Å²) in [4.78, 5) is 38.9. The molecule has 0 saturated carbocycles. The molecule has 0 radical (unpaired) electrons. The zero-order valence-electron chi connectivity index (χ0n) is 22.0. The molecule has 1 aliphatic rings. The predicted octanol–water partition coefficient (Wildman–Crippen LogP) is 3.86. The summed E-state index contributed by atoms with van der Waals surface area (Å²) in [5.74, 6) is -3.40. The lowest BCUT2D eigenvalue weighted by Gasteiger charge is -2.26. The summed E-state index contributed by atoms with van der Waals surface area (Å²) in [6, 6.07) is 2.63. The van der Waals surface area contributed by atoms with Crippen LogP contribution in [-0.2, 0) is 7.05 Å². The van der Waals surface area contributed by atoms with Crippen LogP contribution in [0.3, 0.4) is 0 Å². The Labute approximate surface area is 225 Å². The number of aryl methyl sites for hydroxylation is 1. The summed E-state index contributed by atoms with van der Waals surface area (Å²) in [6.45, 7) is 2.86. The number of nitrogens with zero attached hydrogens (tertiary/aromatic N) is 4. The van der Waals surface area contributed by atoms with Crippen molar-refractivity contribution in [1.82, 2.24) is 19.5 Å². The summed E-state index contributed by atoms with van der Waals surface area (Å²) >= 11 is 0. The quantitative estimate of drug-likeness (QED) is 0.260. The van der Waals surface area contributed by atoms with Crippen LogP contribution in [0.1, 0.15) is 23.7 Å². The highest BCUT2D eigenvalue weighted by Crippen LogP contribution is 2.46. The fraction of sp³-hybridized carbons (Fsp3) is 0.286. The molecule has 10 nitrogen and oxygen atoms in total. The van der Waals surface area contributed by atoms with Gasteiger partial charge in [0.1, 0.15) is 16.9 Å². The normalized spacial score (nSPS) is 17.4. The minimum absolute atomic E-state index is 0.0270. The number of aliphatic hydroxyl groups excluding tert-OH is 1. The van der Waals surface area contributed by atoms with E-state index in [0.717, 1.165) is 6.07 Å². The Morgan fingerprint density at radius 1 is 1.23 bits per heavy atom. The second kappa shape index (κ2) is 8.98. The van der Waals surface area contributed by atoms with E-state index >= 15 is 4.39 Å². The van der Waals surface area contributed by atoms with Crippen LogP contribution in [-0.4, -0.2) is 62.4 Å². The third kappa shape index (κ3) is 3.70. The number of aromatic carboxylic acids is 1. The van der Waals surface area contributed by atoms with Gasteiger partial charge in [0, 0.05) is 68.4 Å². The fourth-order valence-electron chi connectivity index (χ4n) is 5.69. The van der Waals surface area contributed by atoms with E-state index in [1.54, 1.807) is 32.6 Å². The number of aromatic amines is 1. The number of fused-ring (bicyclic) bond motifs is 4. The summed E-state index contributed by atoms with van der Waals surface area (Å²) in [6.07, 6.45) is 5.00. The van der Waals surface area contributed by atoms with Gasteiger partial charge in [-0.1, -0.05) is 6.92 Å². The van der Waals surface area contributed by atoms with Crippen LogP contribution < -0.4 is 15.6 Å². The molecule has 0 spiro atoms. The van der Waals surface area contributed by atoms with Crippen LogP contribution in [0.4, 0.5) is 20.2 Å². The number of carboxylic acid groups (broad SMARTS) is 1. The molecule has 6 rings (SSSR count). The molecular formula is C28H26F2N6O4. The molecular weight excluding hydrogens is 522 g/mol. The Kier molecular flexibility index (Phi) is 5.77. The number of nitrogens with one attached hydrogen (secondary N) is 2. The van der Waals surface area contributed by atoms with Crippen LogP contribution >= 0.6 is 0 Å². The van der Waals surface area contributed by atoms with Crippen molar-refractivity contribution in [3.63, 3.8) is 0 Å². The molecule has 1 aliphatic heterocycles. The average molecular weight is 549 g/mol. The van der Waals surface area contributed by atoms with Crippen LogP contribution in [0.5, 0.6) is 0 Å². The van der Waals surface area contributed by atoms with Gasteiger partial charge in [0.15, 0.2) is 11.6 Å². The van der Waals surface area contributed by atoms with E-state index in [0.29, 0.717) is 64.2 Å².